The number of nitrogens with zero attached hydrogens (tertiary/aromatic N) is 1. The monoisotopic (exact) mass is 261 g/mol. The molecule has 19 heavy (non-hydrogen) atoms. The van der Waals surface area contributed by atoms with Crippen molar-refractivity contribution in [3.8, 4) is 0 Å². The quantitative estimate of drug-likeness (QED) is 0.888. The number of carboxylic acids is 1. The summed E-state index contributed by atoms with van der Waals surface area (Å²) in [5.41, 5.74) is 3.49. The van der Waals surface area contributed by atoms with Gasteiger partial charge in [0.05, 0.1) is 5.92 Å². The van der Waals surface area contributed by atoms with Gasteiger partial charge in [0.2, 0.25) is 0 Å². The summed E-state index contributed by atoms with van der Waals surface area (Å²) in [5, 5.41) is 9.44. The number of hydrogen-bond donors (Lipinski definition) is 1. The highest BCUT2D eigenvalue weighted by Crippen LogP contribution is 2.38. The molecule has 1 fully saturated rings. The van der Waals surface area contributed by atoms with E-state index in [-0.39, 0.29) is 11.3 Å². The first-order valence-electron chi connectivity index (χ1n) is 6.86. The number of hydrogen-bond acceptors (Lipinski definition) is 2. The molecule has 1 aromatic carbocycles. The van der Waals surface area contributed by atoms with Crippen LogP contribution in [0.1, 0.15) is 31.4 Å². The molecule has 0 saturated carbocycles. The summed E-state index contributed by atoms with van der Waals surface area (Å²) in [6.45, 7) is 9.82. The molecule has 3 nitrogen and oxygen atoms in total. The van der Waals surface area contributed by atoms with E-state index in [0.717, 1.165) is 13.0 Å². The fourth-order valence-electron chi connectivity index (χ4n) is 2.85. The smallest absolute Gasteiger partial charge is 0.308 e. The van der Waals surface area contributed by atoms with Crippen LogP contribution in [0.5, 0.6) is 0 Å². The first-order valence-corrected chi connectivity index (χ1v) is 6.86. The topological polar surface area (TPSA) is 40.5 Å². The molecule has 0 amide bonds. The van der Waals surface area contributed by atoms with E-state index in [1.54, 1.807) is 0 Å². The van der Waals surface area contributed by atoms with Crippen molar-refractivity contribution in [3.63, 3.8) is 0 Å². The summed E-state index contributed by atoms with van der Waals surface area (Å²) >= 11 is 0. The largest absolute Gasteiger partial charge is 0.481 e. The number of benzene rings is 1. The number of carbonyl (C=O) groups is 1. The first kappa shape index (κ1) is 13.9. The maximum Gasteiger partial charge on any atom is 0.308 e. The standard InChI is InChI=1S/C16H23NO2/c1-11-5-6-12(2)14(9-11)17-8-7-16(3,4)13(10-17)15(18)19/h5-6,9,13H,7-8,10H2,1-4H3,(H,18,19). The van der Waals surface area contributed by atoms with E-state index in [0.29, 0.717) is 6.54 Å². The maximum absolute atomic E-state index is 11.5. The zero-order valence-electron chi connectivity index (χ0n) is 12.2. The molecule has 0 spiro atoms. The van der Waals surface area contributed by atoms with Crippen molar-refractivity contribution in [2.75, 3.05) is 18.0 Å². The van der Waals surface area contributed by atoms with Crippen LogP contribution in [0.4, 0.5) is 5.69 Å². The molecule has 0 aromatic heterocycles. The van der Waals surface area contributed by atoms with Gasteiger partial charge >= 0.3 is 5.97 Å². The normalized spacial score (nSPS) is 22.3. The number of rotatable bonds is 2. The minimum absolute atomic E-state index is 0.125. The molecule has 2 rings (SSSR count). The molecule has 104 valence electrons. The molecule has 0 radical (unpaired) electrons. The molecule has 1 unspecified atom stereocenters. The number of carboxylic acid groups (broad SMARTS) is 1. The van der Waals surface area contributed by atoms with Crippen molar-refractivity contribution in [2.24, 2.45) is 11.3 Å². The Hall–Kier alpha value is -1.51. The lowest BCUT2D eigenvalue weighted by Crippen LogP contribution is -2.48. The zero-order valence-corrected chi connectivity index (χ0v) is 12.2. The van der Waals surface area contributed by atoms with Crippen LogP contribution in [0.3, 0.4) is 0 Å². The van der Waals surface area contributed by atoms with Crippen LogP contribution in [0, 0.1) is 25.2 Å². The Morgan fingerprint density at radius 2 is 2.05 bits per heavy atom. The second-order valence-corrected chi connectivity index (χ2v) is 6.37. The zero-order chi connectivity index (χ0) is 14.2. The van der Waals surface area contributed by atoms with E-state index in [4.69, 9.17) is 0 Å². The summed E-state index contributed by atoms with van der Waals surface area (Å²) in [5.74, 6) is -0.985. The highest BCUT2D eigenvalue weighted by molar-refractivity contribution is 5.72. The Balaban J connectivity index is 2.28. The summed E-state index contributed by atoms with van der Waals surface area (Å²) in [6.07, 6.45) is 0.914. The van der Waals surface area contributed by atoms with Crippen LogP contribution in [-0.4, -0.2) is 24.2 Å². The lowest BCUT2D eigenvalue weighted by molar-refractivity contribution is -0.146. The third kappa shape index (κ3) is 2.75. The van der Waals surface area contributed by atoms with Gasteiger partial charge in [-0.15, -0.1) is 0 Å². The molecule has 1 saturated heterocycles. The van der Waals surface area contributed by atoms with Crippen molar-refractivity contribution in [3.05, 3.63) is 29.3 Å². The molecular formula is C16H23NO2. The maximum atomic E-state index is 11.5. The van der Waals surface area contributed by atoms with Crippen LogP contribution >= 0.6 is 0 Å². The van der Waals surface area contributed by atoms with Gasteiger partial charge in [-0.25, -0.2) is 0 Å². The van der Waals surface area contributed by atoms with Crippen molar-refractivity contribution >= 4 is 11.7 Å². The summed E-state index contributed by atoms with van der Waals surface area (Å²) in [4.78, 5) is 13.7. The lowest BCUT2D eigenvalue weighted by atomic mass is 9.73. The van der Waals surface area contributed by atoms with E-state index in [2.05, 4.69) is 50.8 Å². The Labute approximate surface area is 115 Å². The molecule has 0 bridgehead atoms. The van der Waals surface area contributed by atoms with E-state index >= 15 is 0 Å². The van der Waals surface area contributed by atoms with Gasteiger partial charge in [-0.05, 0) is 42.9 Å². The van der Waals surface area contributed by atoms with Gasteiger partial charge in [0.15, 0.2) is 0 Å². The second kappa shape index (κ2) is 4.87. The minimum atomic E-state index is -0.681. The SMILES string of the molecule is Cc1ccc(C)c(N2CCC(C)(C)C(C(=O)O)C2)c1. The van der Waals surface area contributed by atoms with Gasteiger partial charge < -0.3 is 10.0 Å². The number of piperidine rings is 1. The summed E-state index contributed by atoms with van der Waals surface area (Å²) < 4.78 is 0. The van der Waals surface area contributed by atoms with Gasteiger partial charge in [0.25, 0.3) is 0 Å². The molecule has 1 heterocycles. The van der Waals surface area contributed by atoms with Gasteiger partial charge in [-0.2, -0.15) is 0 Å². The Bertz CT molecular complexity index is 494. The highest BCUT2D eigenvalue weighted by atomic mass is 16.4. The molecule has 1 N–H and O–H groups in total. The fraction of sp³-hybridized carbons (Fsp3) is 0.562. The van der Waals surface area contributed by atoms with Crippen LogP contribution in [-0.2, 0) is 4.79 Å². The van der Waals surface area contributed by atoms with Crippen LogP contribution in [0.15, 0.2) is 18.2 Å². The van der Waals surface area contributed by atoms with E-state index in [9.17, 15) is 9.90 Å². The van der Waals surface area contributed by atoms with E-state index in [1.165, 1.54) is 16.8 Å². The molecule has 1 atom stereocenters. The third-order valence-electron chi connectivity index (χ3n) is 4.38. The van der Waals surface area contributed by atoms with Crippen molar-refractivity contribution in [1.82, 2.24) is 0 Å². The van der Waals surface area contributed by atoms with Gasteiger partial charge in [0, 0.05) is 18.8 Å². The van der Waals surface area contributed by atoms with Gasteiger partial charge in [-0.3, -0.25) is 4.79 Å². The minimum Gasteiger partial charge on any atom is -0.481 e. The average Bonchev–Trinajstić information content (AvgIpc) is 2.32. The fourth-order valence-corrected chi connectivity index (χ4v) is 2.85. The number of anilines is 1. The van der Waals surface area contributed by atoms with Crippen LogP contribution in [0.2, 0.25) is 0 Å². The molecule has 1 aliphatic heterocycles. The van der Waals surface area contributed by atoms with E-state index < -0.39 is 5.97 Å². The van der Waals surface area contributed by atoms with Gasteiger partial charge in [-0.1, -0.05) is 26.0 Å². The summed E-state index contributed by atoms with van der Waals surface area (Å²) in [7, 11) is 0. The second-order valence-electron chi connectivity index (χ2n) is 6.37. The molecular weight excluding hydrogens is 238 g/mol. The predicted molar refractivity (Wildman–Crippen MR) is 77.7 cm³/mol. The molecule has 1 aromatic rings. The average molecular weight is 261 g/mol. The predicted octanol–water partition coefficient (Wildman–Crippen LogP) is 3.24. The Morgan fingerprint density at radius 1 is 1.37 bits per heavy atom. The molecule has 3 heteroatoms. The molecule has 0 aliphatic carbocycles. The van der Waals surface area contributed by atoms with Crippen molar-refractivity contribution in [2.45, 2.75) is 34.1 Å². The number of aliphatic carboxylic acids is 1. The van der Waals surface area contributed by atoms with Gasteiger partial charge in [0.1, 0.15) is 0 Å². The molecule has 1 aliphatic rings. The van der Waals surface area contributed by atoms with Crippen LogP contribution in [0.25, 0.3) is 0 Å². The number of aryl methyl sites for hydroxylation is 2. The highest BCUT2D eigenvalue weighted by Gasteiger charge is 2.40. The summed E-state index contributed by atoms with van der Waals surface area (Å²) in [6, 6.07) is 6.37. The Kier molecular flexibility index (Phi) is 3.57. The van der Waals surface area contributed by atoms with Crippen molar-refractivity contribution < 1.29 is 9.90 Å². The third-order valence-corrected chi connectivity index (χ3v) is 4.38. The van der Waals surface area contributed by atoms with E-state index in [1.807, 2.05) is 0 Å². The first-order chi connectivity index (χ1) is 8.81. The Morgan fingerprint density at radius 3 is 2.68 bits per heavy atom. The van der Waals surface area contributed by atoms with Crippen LogP contribution < -0.4 is 4.90 Å². The van der Waals surface area contributed by atoms with Crippen molar-refractivity contribution in [1.29, 1.82) is 0 Å². The lowest BCUT2D eigenvalue weighted by Gasteiger charge is -2.43.